The summed E-state index contributed by atoms with van der Waals surface area (Å²) in [5.74, 6) is -2.30. The zero-order valence-corrected chi connectivity index (χ0v) is 30.1. The van der Waals surface area contributed by atoms with Crippen molar-refractivity contribution in [3.05, 3.63) is 12.7 Å². The highest BCUT2D eigenvalue weighted by Crippen LogP contribution is 2.65. The molecule has 4 aliphatic rings. The van der Waals surface area contributed by atoms with Gasteiger partial charge in [0.2, 0.25) is 11.7 Å². The third-order valence-electron chi connectivity index (χ3n) is 11.3. The molecule has 0 aromatic rings. The van der Waals surface area contributed by atoms with Gasteiger partial charge in [-0.15, -0.1) is 6.58 Å². The van der Waals surface area contributed by atoms with E-state index in [9.17, 15) is 28.8 Å². The highest BCUT2D eigenvalue weighted by atomic mass is 16.5. The van der Waals surface area contributed by atoms with Crippen LogP contribution >= 0.6 is 0 Å². The molecule has 268 valence electrons. The number of esters is 1. The number of allylic oxidation sites excluding steroid dienone is 1. The van der Waals surface area contributed by atoms with E-state index >= 15 is 0 Å². The Hall–Kier alpha value is -3.04. The van der Waals surface area contributed by atoms with Crippen LogP contribution in [0.1, 0.15) is 119 Å². The summed E-state index contributed by atoms with van der Waals surface area (Å²) in [4.78, 5) is 82.6. The molecule has 3 saturated carbocycles. The van der Waals surface area contributed by atoms with Gasteiger partial charge in [-0.3, -0.25) is 19.2 Å². The van der Waals surface area contributed by atoms with Crippen LogP contribution in [0.25, 0.3) is 0 Å². The summed E-state index contributed by atoms with van der Waals surface area (Å²) in [7, 11) is 0. The number of nitrogens with zero attached hydrogens (tertiary/aromatic N) is 1. The Bertz CT molecular complexity index is 1240. The molecule has 1 aliphatic heterocycles. The van der Waals surface area contributed by atoms with Gasteiger partial charge in [0.15, 0.2) is 11.6 Å². The molecule has 6 atom stereocenters. The molecule has 0 spiro atoms. The molecule has 0 radical (unpaired) electrons. The molecule has 10 heteroatoms. The molecule has 2 N–H and O–H groups in total. The van der Waals surface area contributed by atoms with Crippen LogP contribution in [0.2, 0.25) is 0 Å². The largest absolute Gasteiger partial charge is 0.464 e. The van der Waals surface area contributed by atoms with Gasteiger partial charge in [-0.05, 0) is 73.0 Å². The second-order valence-electron chi connectivity index (χ2n) is 16.5. The van der Waals surface area contributed by atoms with Crippen LogP contribution in [0.4, 0.5) is 4.79 Å². The fourth-order valence-electron chi connectivity index (χ4n) is 8.04. The van der Waals surface area contributed by atoms with Gasteiger partial charge in [0.25, 0.3) is 0 Å². The monoisotopic (exact) mass is 669 g/mol. The number of hydrogen-bond donors (Lipinski definition) is 2. The minimum absolute atomic E-state index is 0.0302. The normalized spacial score (nSPS) is 25.2. The van der Waals surface area contributed by atoms with E-state index in [-0.39, 0.29) is 47.7 Å². The number of ketones is 3. The number of fused-ring (bicyclic) bond motifs is 1. The topological polar surface area (TPSA) is 139 Å². The lowest BCUT2D eigenvalue weighted by Gasteiger charge is -2.38. The molecule has 1 unspecified atom stereocenters. The molecule has 10 nitrogen and oxygen atoms in total. The summed E-state index contributed by atoms with van der Waals surface area (Å²) >= 11 is 0. The number of urea groups is 1. The van der Waals surface area contributed by atoms with Gasteiger partial charge < -0.3 is 20.3 Å². The van der Waals surface area contributed by atoms with E-state index in [0.29, 0.717) is 38.3 Å². The van der Waals surface area contributed by atoms with Crippen molar-refractivity contribution in [1.29, 1.82) is 0 Å². The van der Waals surface area contributed by atoms with Gasteiger partial charge in [0, 0.05) is 25.3 Å². The molecule has 0 aromatic carbocycles. The van der Waals surface area contributed by atoms with E-state index in [0.717, 1.165) is 44.9 Å². The molecule has 48 heavy (non-hydrogen) atoms. The van der Waals surface area contributed by atoms with E-state index in [1.807, 2.05) is 27.7 Å². The highest BCUT2D eigenvalue weighted by molar-refractivity contribution is 6.38. The predicted octanol–water partition coefficient (Wildman–Crippen LogP) is 5.57. The number of likely N-dealkylation sites (tertiary alicyclic amines) is 1. The van der Waals surface area contributed by atoms with Gasteiger partial charge in [-0.25, -0.2) is 9.59 Å². The van der Waals surface area contributed by atoms with Crippen molar-refractivity contribution < 1.29 is 33.5 Å². The summed E-state index contributed by atoms with van der Waals surface area (Å²) in [6, 6.07) is -3.12. The number of ether oxygens (including phenoxy) is 1. The lowest BCUT2D eigenvalue weighted by atomic mass is 9.83. The smallest absolute Gasteiger partial charge is 0.328 e. The Balaban J connectivity index is 1.50. The van der Waals surface area contributed by atoms with Crippen LogP contribution in [0.3, 0.4) is 0 Å². The third-order valence-corrected chi connectivity index (χ3v) is 11.3. The molecule has 1 heterocycles. The van der Waals surface area contributed by atoms with Crippen LogP contribution in [-0.2, 0) is 28.7 Å². The molecule has 3 amide bonds. The molecule has 3 aliphatic carbocycles. The molecule has 4 fully saturated rings. The van der Waals surface area contributed by atoms with Gasteiger partial charge >= 0.3 is 12.0 Å². The quantitative estimate of drug-likeness (QED) is 0.117. The Kier molecular flexibility index (Phi) is 12.3. The maximum atomic E-state index is 14.4. The Morgan fingerprint density at radius 3 is 2.25 bits per heavy atom. The zero-order valence-electron chi connectivity index (χ0n) is 30.1. The maximum Gasteiger partial charge on any atom is 0.328 e. The van der Waals surface area contributed by atoms with Crippen molar-refractivity contribution >= 4 is 35.3 Å². The Morgan fingerprint density at radius 1 is 1.00 bits per heavy atom. The molecule has 0 aromatic heterocycles. The number of amides is 3. The molecule has 1 saturated heterocycles. The van der Waals surface area contributed by atoms with Crippen LogP contribution in [0.15, 0.2) is 12.7 Å². The third kappa shape index (κ3) is 8.94. The molecule has 0 bridgehead atoms. The van der Waals surface area contributed by atoms with E-state index in [2.05, 4.69) is 31.1 Å². The first-order valence-electron chi connectivity index (χ1n) is 18.4. The van der Waals surface area contributed by atoms with E-state index < -0.39 is 53.0 Å². The van der Waals surface area contributed by atoms with Crippen molar-refractivity contribution in [1.82, 2.24) is 15.5 Å². The molecular formula is C38H59N3O7. The summed E-state index contributed by atoms with van der Waals surface area (Å²) < 4.78 is 5.62. The van der Waals surface area contributed by atoms with Gasteiger partial charge in [0.1, 0.15) is 12.1 Å². The van der Waals surface area contributed by atoms with E-state index in [1.165, 1.54) is 0 Å². The van der Waals surface area contributed by atoms with Gasteiger partial charge in [0.05, 0.1) is 12.6 Å². The Morgan fingerprint density at radius 2 is 1.67 bits per heavy atom. The summed E-state index contributed by atoms with van der Waals surface area (Å²) in [6.07, 6.45) is 9.85. The zero-order chi connectivity index (χ0) is 35.4. The first kappa shape index (κ1) is 37.8. The number of hydrogen-bond acceptors (Lipinski definition) is 7. The predicted molar refractivity (Wildman–Crippen MR) is 183 cm³/mol. The molecular weight excluding hydrogens is 610 g/mol. The highest BCUT2D eigenvalue weighted by Gasteiger charge is 2.69. The number of Topliss-reactive ketones (excluding diaryl/α,β-unsaturated/α-hetero) is 3. The maximum absolute atomic E-state index is 14.4. The Labute approximate surface area is 286 Å². The van der Waals surface area contributed by atoms with E-state index in [4.69, 9.17) is 4.74 Å². The fourth-order valence-corrected chi connectivity index (χ4v) is 8.04. The second-order valence-corrected chi connectivity index (χ2v) is 16.5. The lowest BCUT2D eigenvalue weighted by Crippen LogP contribution is -2.61. The van der Waals surface area contributed by atoms with Crippen molar-refractivity contribution in [2.45, 2.75) is 137 Å². The average molecular weight is 670 g/mol. The summed E-state index contributed by atoms with van der Waals surface area (Å²) in [5.41, 5.74) is -0.855. The lowest BCUT2D eigenvalue weighted by molar-refractivity contribution is -0.148. The number of rotatable bonds is 17. The first-order chi connectivity index (χ1) is 22.6. The SMILES string of the molecule is C=CCCC(=O)C(=O)C(CCC)CC(=O)[C@@H]1[C@@H]2[C@H](CN1C(=O)[C@@H](NC(=O)N[C@H](C(=O)OCC1CC1)C1CCCCC1)C(C)(C)C)C2(C)C. The van der Waals surface area contributed by atoms with Crippen LogP contribution in [0.5, 0.6) is 0 Å². The second kappa shape index (κ2) is 15.7. The van der Waals surface area contributed by atoms with Crippen molar-refractivity contribution in [2.75, 3.05) is 13.2 Å². The van der Waals surface area contributed by atoms with Crippen molar-refractivity contribution in [2.24, 2.45) is 40.4 Å². The summed E-state index contributed by atoms with van der Waals surface area (Å²) in [6.45, 7) is 16.1. The number of carbonyl (C=O) groups excluding carboxylic acids is 6. The van der Waals surface area contributed by atoms with Crippen molar-refractivity contribution in [3.63, 3.8) is 0 Å². The first-order valence-corrected chi connectivity index (χ1v) is 18.4. The fraction of sp³-hybridized carbons (Fsp3) is 0.789. The summed E-state index contributed by atoms with van der Waals surface area (Å²) in [5, 5.41) is 5.77. The number of nitrogens with one attached hydrogen (secondary N) is 2. The van der Waals surface area contributed by atoms with Crippen LogP contribution in [-0.4, -0.2) is 71.4 Å². The minimum Gasteiger partial charge on any atom is -0.464 e. The standard InChI is InChI=1S/C38H59N3O7/c1-8-10-17-27(42)32(44)25(14-9-2)20-28(43)31-29-26(38(29,6)7)21-41(31)34(45)33(37(3,4)5)40-36(47)39-30(24-15-12-11-13-16-24)35(46)48-22-23-18-19-23/h8,23-26,29-31,33H,1,9-22H2,2-7H3,(H2,39,40,47)/t25?,26-,29-,30-,31+,33+/m0/s1. The number of carbonyl (C=O) groups is 6. The van der Waals surface area contributed by atoms with E-state index in [1.54, 1.807) is 11.0 Å². The van der Waals surface area contributed by atoms with Crippen LogP contribution < -0.4 is 10.6 Å². The van der Waals surface area contributed by atoms with Crippen molar-refractivity contribution in [3.8, 4) is 0 Å². The molecule has 4 rings (SSSR count). The average Bonchev–Trinajstić information content (AvgIpc) is 3.91. The van der Waals surface area contributed by atoms with Gasteiger partial charge in [-0.1, -0.05) is 73.3 Å². The van der Waals surface area contributed by atoms with Crippen LogP contribution in [0, 0.1) is 40.4 Å². The van der Waals surface area contributed by atoms with Gasteiger partial charge in [-0.2, -0.15) is 0 Å². The number of piperidine rings is 1. The minimum atomic E-state index is -0.976.